The van der Waals surface area contributed by atoms with Gasteiger partial charge in [-0.1, -0.05) is 71.6 Å². The number of hydrogen-bond acceptors (Lipinski definition) is 5. The number of benzene rings is 2. The third-order valence-electron chi connectivity index (χ3n) is 6.01. The van der Waals surface area contributed by atoms with Crippen LogP contribution in [0.5, 0.6) is 0 Å². The summed E-state index contributed by atoms with van der Waals surface area (Å²) in [6.45, 7) is 0.693. The zero-order valence-corrected chi connectivity index (χ0v) is 17.8. The molecule has 2 aliphatic rings. The second-order valence-corrected chi connectivity index (χ2v) is 9.98. The number of carbonyl (C=O) groups is 2. The minimum Gasteiger partial charge on any atom is -0.343 e. The summed E-state index contributed by atoms with van der Waals surface area (Å²) in [5.74, 6) is -1.43. The molecule has 0 saturated carbocycles. The number of hydrogen-bond donors (Lipinski definition) is 2. The van der Waals surface area contributed by atoms with E-state index in [0.29, 0.717) is 11.6 Å². The quantitative estimate of drug-likeness (QED) is 0.472. The molecule has 31 heavy (non-hydrogen) atoms. The van der Waals surface area contributed by atoms with Crippen molar-refractivity contribution < 1.29 is 9.59 Å². The smallest absolute Gasteiger partial charge is 0.305 e. The van der Waals surface area contributed by atoms with Crippen LogP contribution in [-0.2, 0) is 16.1 Å². The van der Waals surface area contributed by atoms with Crippen LogP contribution in [0.15, 0.2) is 70.6 Å². The number of fused-ring (bicyclic) bond motifs is 3. The number of rotatable bonds is 3. The van der Waals surface area contributed by atoms with Crippen LogP contribution in [0.2, 0.25) is 0 Å². The maximum atomic E-state index is 12.8. The largest absolute Gasteiger partial charge is 0.343 e. The van der Waals surface area contributed by atoms with E-state index in [0.717, 1.165) is 32.7 Å². The Morgan fingerprint density at radius 2 is 1.71 bits per heavy atom. The van der Waals surface area contributed by atoms with Gasteiger partial charge >= 0.3 is 4.87 Å². The SMILES string of the molecule is O=C1NC(=O)[C@H]2Sc3[nH]c(=O)sc3[C@@H](c3cn(Cc4ccccc4)c4ccccc34)[C@H]12. The predicted molar refractivity (Wildman–Crippen MR) is 121 cm³/mol. The Balaban J connectivity index is 1.56. The van der Waals surface area contributed by atoms with Gasteiger partial charge in [0.15, 0.2) is 0 Å². The third kappa shape index (κ3) is 2.90. The van der Waals surface area contributed by atoms with Gasteiger partial charge in [0, 0.05) is 34.4 Å². The molecule has 1 fully saturated rings. The molecule has 0 aliphatic carbocycles. The van der Waals surface area contributed by atoms with Gasteiger partial charge in [0.1, 0.15) is 5.25 Å². The topological polar surface area (TPSA) is 84.0 Å². The molecule has 0 unspecified atom stereocenters. The van der Waals surface area contributed by atoms with Crippen molar-refractivity contribution in [3.63, 3.8) is 0 Å². The first kappa shape index (κ1) is 18.7. The Bertz CT molecular complexity index is 1400. The van der Waals surface area contributed by atoms with Gasteiger partial charge in [-0.2, -0.15) is 0 Å². The molecule has 0 radical (unpaired) electrons. The highest BCUT2D eigenvalue weighted by atomic mass is 32.2. The van der Waals surface area contributed by atoms with E-state index in [-0.39, 0.29) is 22.6 Å². The van der Waals surface area contributed by atoms with E-state index >= 15 is 0 Å². The first-order valence-corrected chi connectivity index (χ1v) is 11.7. The van der Waals surface area contributed by atoms with E-state index in [1.165, 1.54) is 17.3 Å². The standard InChI is InChI=1S/C23H17N3O3S2/c27-20-17-16(19-22(25-23(29)31-19)30-18(17)21(28)24-20)14-11-26(10-12-6-2-1-3-7-12)15-9-5-4-8-13(14)15/h1-9,11,16-18H,10H2,(H,25,29)(H,24,27,28)/t16-,17-,18-/m0/s1. The van der Waals surface area contributed by atoms with Gasteiger partial charge in [0.05, 0.1) is 10.9 Å². The monoisotopic (exact) mass is 447 g/mol. The zero-order chi connectivity index (χ0) is 21.1. The summed E-state index contributed by atoms with van der Waals surface area (Å²) in [6, 6.07) is 18.3. The maximum absolute atomic E-state index is 12.8. The number of amides is 2. The molecule has 6 rings (SSSR count). The van der Waals surface area contributed by atoms with Crippen LogP contribution < -0.4 is 10.2 Å². The lowest BCUT2D eigenvalue weighted by Crippen LogP contribution is -2.31. The normalized spacial score (nSPS) is 22.4. The van der Waals surface area contributed by atoms with Gasteiger partial charge in [-0.3, -0.25) is 19.7 Å². The Hall–Kier alpha value is -3.10. The number of imide groups is 1. The molecule has 0 bridgehead atoms. The average Bonchev–Trinajstić information content (AvgIpc) is 3.41. The van der Waals surface area contributed by atoms with E-state index in [1.54, 1.807) is 0 Å². The van der Waals surface area contributed by atoms with Crippen LogP contribution in [0.4, 0.5) is 0 Å². The van der Waals surface area contributed by atoms with Crippen molar-refractivity contribution in [2.75, 3.05) is 0 Å². The summed E-state index contributed by atoms with van der Waals surface area (Å²) in [6.07, 6.45) is 2.08. The highest BCUT2D eigenvalue weighted by Gasteiger charge is 2.52. The number of nitrogens with one attached hydrogen (secondary N) is 2. The van der Waals surface area contributed by atoms with Crippen molar-refractivity contribution in [2.24, 2.45) is 5.92 Å². The summed E-state index contributed by atoms with van der Waals surface area (Å²) >= 11 is 2.42. The third-order valence-corrected chi connectivity index (χ3v) is 8.43. The summed E-state index contributed by atoms with van der Waals surface area (Å²) in [7, 11) is 0. The zero-order valence-electron chi connectivity index (χ0n) is 16.2. The fraction of sp³-hybridized carbons (Fsp3) is 0.174. The average molecular weight is 448 g/mol. The fourth-order valence-corrected chi connectivity index (χ4v) is 7.18. The van der Waals surface area contributed by atoms with Crippen LogP contribution in [0.1, 0.15) is 21.9 Å². The van der Waals surface area contributed by atoms with E-state index < -0.39 is 11.2 Å². The molecule has 0 spiro atoms. The minimum absolute atomic E-state index is 0.164. The molecular formula is C23H17N3O3S2. The summed E-state index contributed by atoms with van der Waals surface area (Å²) in [5.41, 5.74) is 3.21. The second kappa shape index (κ2) is 6.96. The van der Waals surface area contributed by atoms with Crippen molar-refractivity contribution in [1.29, 1.82) is 0 Å². The Kier molecular flexibility index (Phi) is 4.19. The van der Waals surface area contributed by atoms with Crippen LogP contribution in [0, 0.1) is 5.92 Å². The number of H-pyrrole nitrogens is 1. The van der Waals surface area contributed by atoms with Crippen LogP contribution in [-0.4, -0.2) is 26.6 Å². The molecule has 4 aromatic rings. The number of nitrogens with zero attached hydrogens (tertiary/aromatic N) is 1. The van der Waals surface area contributed by atoms with Crippen molar-refractivity contribution in [3.8, 4) is 0 Å². The number of aromatic amines is 1. The van der Waals surface area contributed by atoms with E-state index in [4.69, 9.17) is 0 Å². The fourth-order valence-electron chi connectivity index (χ4n) is 4.71. The molecule has 3 atom stereocenters. The molecule has 2 aliphatic heterocycles. The molecule has 2 N–H and O–H groups in total. The number of thiazole rings is 1. The Morgan fingerprint density at radius 1 is 0.935 bits per heavy atom. The predicted octanol–water partition coefficient (Wildman–Crippen LogP) is 3.32. The van der Waals surface area contributed by atoms with Crippen LogP contribution in [0.3, 0.4) is 0 Å². The lowest BCUT2D eigenvalue weighted by atomic mass is 9.83. The lowest BCUT2D eigenvalue weighted by Gasteiger charge is -2.29. The molecule has 8 heteroatoms. The van der Waals surface area contributed by atoms with E-state index in [9.17, 15) is 14.4 Å². The number of thioether (sulfide) groups is 1. The maximum Gasteiger partial charge on any atom is 0.305 e. The number of aromatic nitrogens is 2. The molecular weight excluding hydrogens is 430 g/mol. The van der Waals surface area contributed by atoms with Gasteiger partial charge in [-0.05, 0) is 17.2 Å². The first-order chi connectivity index (χ1) is 15.1. The van der Waals surface area contributed by atoms with E-state index in [2.05, 4.69) is 39.3 Å². The van der Waals surface area contributed by atoms with Crippen molar-refractivity contribution in [1.82, 2.24) is 14.9 Å². The number of para-hydroxylation sites is 1. The van der Waals surface area contributed by atoms with Crippen LogP contribution in [0.25, 0.3) is 10.9 Å². The molecule has 6 nitrogen and oxygen atoms in total. The van der Waals surface area contributed by atoms with E-state index in [1.807, 2.05) is 36.4 Å². The number of carbonyl (C=O) groups excluding carboxylic acids is 2. The highest BCUT2D eigenvalue weighted by Crippen LogP contribution is 2.52. The highest BCUT2D eigenvalue weighted by molar-refractivity contribution is 8.00. The van der Waals surface area contributed by atoms with Crippen molar-refractivity contribution in [2.45, 2.75) is 22.7 Å². The van der Waals surface area contributed by atoms with Gasteiger partial charge in [-0.25, -0.2) is 0 Å². The van der Waals surface area contributed by atoms with Gasteiger partial charge in [-0.15, -0.1) is 0 Å². The summed E-state index contributed by atoms with van der Waals surface area (Å²) in [4.78, 5) is 41.0. The molecule has 4 heterocycles. The Morgan fingerprint density at radius 3 is 2.55 bits per heavy atom. The molecule has 154 valence electrons. The van der Waals surface area contributed by atoms with Crippen LogP contribution >= 0.6 is 23.1 Å². The minimum atomic E-state index is -0.536. The molecule has 2 aromatic heterocycles. The molecule has 2 amide bonds. The Labute approximate surface area is 185 Å². The van der Waals surface area contributed by atoms with Gasteiger partial charge in [0.2, 0.25) is 11.8 Å². The molecule has 1 saturated heterocycles. The van der Waals surface area contributed by atoms with Crippen molar-refractivity contribution >= 4 is 45.8 Å². The summed E-state index contributed by atoms with van der Waals surface area (Å²) in [5, 5.41) is 3.70. The van der Waals surface area contributed by atoms with Gasteiger partial charge < -0.3 is 9.55 Å². The summed E-state index contributed by atoms with van der Waals surface area (Å²) < 4.78 is 2.18. The van der Waals surface area contributed by atoms with Gasteiger partial charge in [0.25, 0.3) is 0 Å². The first-order valence-electron chi connectivity index (χ1n) is 9.96. The van der Waals surface area contributed by atoms with Crippen molar-refractivity contribution in [3.05, 3.63) is 86.5 Å². The second-order valence-electron chi connectivity index (χ2n) is 7.82. The molecule has 2 aromatic carbocycles. The lowest BCUT2D eigenvalue weighted by molar-refractivity contribution is -0.125.